The summed E-state index contributed by atoms with van der Waals surface area (Å²) in [5, 5.41) is 9.36. The normalized spacial score (nSPS) is 17.6. The Kier molecular flexibility index (Phi) is 5.94. The quantitative estimate of drug-likeness (QED) is 0.637. The van der Waals surface area contributed by atoms with Crippen LogP contribution >= 0.6 is 11.8 Å². The summed E-state index contributed by atoms with van der Waals surface area (Å²) in [6.45, 7) is 7.19. The van der Waals surface area contributed by atoms with Crippen LogP contribution in [0, 0.1) is 19.8 Å². The van der Waals surface area contributed by atoms with Crippen molar-refractivity contribution in [2.75, 3.05) is 5.75 Å². The Morgan fingerprint density at radius 2 is 2.03 bits per heavy atom. The van der Waals surface area contributed by atoms with Gasteiger partial charge in [0.15, 0.2) is 11.0 Å². The van der Waals surface area contributed by atoms with E-state index in [2.05, 4.69) is 33.2 Å². The molecule has 154 valence electrons. The Balaban J connectivity index is 1.43. The van der Waals surface area contributed by atoms with E-state index in [0.717, 1.165) is 34.6 Å². The standard InChI is InChI=1S/C22H23N5O2S/c1-4-27-20(12-29-18-10-9-14(2)11-15(18)3)25-26-22(27)30-13-19-23-17-8-6-5-7-16(17)21(28)24-19/h5-11,16H,4,12-13H2,1-3H3. The number of carbonyl (C=O) groups excluding carboxylic acids is 1. The van der Waals surface area contributed by atoms with Crippen molar-refractivity contribution in [3.8, 4) is 5.75 Å². The molecule has 2 aromatic rings. The molecule has 0 bridgehead atoms. The third-order valence-electron chi connectivity index (χ3n) is 4.89. The minimum absolute atomic E-state index is 0.171. The number of carbonyl (C=O) groups is 1. The van der Waals surface area contributed by atoms with E-state index in [4.69, 9.17) is 4.74 Å². The van der Waals surface area contributed by atoms with E-state index in [1.165, 1.54) is 17.3 Å². The van der Waals surface area contributed by atoms with Gasteiger partial charge in [-0.1, -0.05) is 47.7 Å². The highest BCUT2D eigenvalue weighted by molar-refractivity contribution is 7.99. The second-order valence-electron chi connectivity index (χ2n) is 7.11. The van der Waals surface area contributed by atoms with Gasteiger partial charge in [0.25, 0.3) is 5.91 Å². The highest BCUT2D eigenvalue weighted by atomic mass is 32.2. The molecule has 0 saturated heterocycles. The summed E-state index contributed by atoms with van der Waals surface area (Å²) in [5.74, 6) is 2.04. The van der Waals surface area contributed by atoms with E-state index in [1.807, 2.05) is 54.9 Å². The number of nitrogens with zero attached hydrogens (tertiary/aromatic N) is 5. The lowest BCUT2D eigenvalue weighted by molar-refractivity contribution is -0.118. The van der Waals surface area contributed by atoms with Crippen LogP contribution in [0.2, 0.25) is 0 Å². The molecule has 2 heterocycles. The molecule has 0 saturated carbocycles. The highest BCUT2D eigenvalue weighted by Crippen LogP contribution is 2.23. The molecule has 1 aliphatic carbocycles. The molecule has 1 aromatic carbocycles. The molecule has 1 aromatic heterocycles. The van der Waals surface area contributed by atoms with E-state index in [9.17, 15) is 4.79 Å². The van der Waals surface area contributed by atoms with Crippen molar-refractivity contribution < 1.29 is 9.53 Å². The number of hydrogen-bond acceptors (Lipinski definition) is 6. The molecule has 1 unspecified atom stereocenters. The number of ether oxygens (including phenoxy) is 1. The zero-order valence-electron chi connectivity index (χ0n) is 17.2. The van der Waals surface area contributed by atoms with Gasteiger partial charge >= 0.3 is 0 Å². The van der Waals surface area contributed by atoms with Gasteiger partial charge in [0.05, 0.1) is 11.5 Å². The second-order valence-corrected chi connectivity index (χ2v) is 8.06. The van der Waals surface area contributed by atoms with Gasteiger partial charge in [-0.25, -0.2) is 4.99 Å². The van der Waals surface area contributed by atoms with Crippen molar-refractivity contribution in [3.05, 3.63) is 59.5 Å². The molecule has 2 aliphatic rings. The van der Waals surface area contributed by atoms with Crippen molar-refractivity contribution in [2.45, 2.75) is 39.1 Å². The number of thioether (sulfide) groups is 1. The average molecular weight is 422 g/mol. The maximum absolute atomic E-state index is 12.2. The summed E-state index contributed by atoms with van der Waals surface area (Å²) in [6.07, 6.45) is 7.42. The van der Waals surface area contributed by atoms with Crippen molar-refractivity contribution in [1.29, 1.82) is 0 Å². The zero-order chi connectivity index (χ0) is 21.1. The largest absolute Gasteiger partial charge is 0.485 e. The monoisotopic (exact) mass is 421 g/mol. The SMILES string of the molecule is CCn1c(COc2ccc(C)cc2C)nnc1SCC1=NC(=O)C2C=CC=CC2=N1. The number of aryl methyl sites for hydroxylation is 2. The smallest absolute Gasteiger partial charge is 0.260 e. The van der Waals surface area contributed by atoms with Gasteiger partial charge < -0.3 is 9.30 Å². The highest BCUT2D eigenvalue weighted by Gasteiger charge is 2.26. The lowest BCUT2D eigenvalue weighted by Gasteiger charge is -2.17. The summed E-state index contributed by atoms with van der Waals surface area (Å²) in [4.78, 5) is 20.9. The van der Waals surface area contributed by atoms with Crippen LogP contribution in [-0.2, 0) is 17.9 Å². The predicted molar refractivity (Wildman–Crippen MR) is 118 cm³/mol. The third kappa shape index (κ3) is 4.28. The number of aromatic nitrogens is 3. The molecular formula is C22H23N5O2S. The van der Waals surface area contributed by atoms with E-state index < -0.39 is 0 Å². The van der Waals surface area contributed by atoms with Gasteiger partial charge in [0.2, 0.25) is 0 Å². The Bertz CT molecular complexity index is 1100. The molecule has 1 aliphatic heterocycles. The minimum Gasteiger partial charge on any atom is -0.485 e. The van der Waals surface area contributed by atoms with Gasteiger partial charge in [-0.05, 0) is 38.5 Å². The van der Waals surface area contributed by atoms with Crippen LogP contribution in [0.5, 0.6) is 5.75 Å². The molecule has 0 radical (unpaired) electrons. The van der Waals surface area contributed by atoms with Gasteiger partial charge in [0.1, 0.15) is 24.1 Å². The lowest BCUT2D eigenvalue weighted by atomic mass is 9.97. The first-order valence-electron chi connectivity index (χ1n) is 9.85. The van der Waals surface area contributed by atoms with Crippen molar-refractivity contribution >= 4 is 29.2 Å². The molecule has 4 rings (SSSR count). The van der Waals surface area contributed by atoms with E-state index >= 15 is 0 Å². The zero-order valence-corrected chi connectivity index (χ0v) is 18.0. The minimum atomic E-state index is -0.350. The number of amidine groups is 1. The van der Waals surface area contributed by atoms with Crippen LogP contribution in [0.1, 0.15) is 23.9 Å². The van der Waals surface area contributed by atoms with Crippen molar-refractivity contribution in [3.63, 3.8) is 0 Å². The van der Waals surface area contributed by atoms with Crippen molar-refractivity contribution in [2.24, 2.45) is 15.9 Å². The fourth-order valence-electron chi connectivity index (χ4n) is 3.37. The first-order chi connectivity index (χ1) is 14.5. The fraction of sp³-hybridized carbons (Fsp3) is 0.318. The maximum atomic E-state index is 12.2. The van der Waals surface area contributed by atoms with Gasteiger partial charge in [-0.2, -0.15) is 4.99 Å². The van der Waals surface area contributed by atoms with Crippen LogP contribution in [-0.4, -0.2) is 38.0 Å². The average Bonchev–Trinajstić information content (AvgIpc) is 3.13. The molecule has 1 amide bonds. The molecule has 0 fully saturated rings. The van der Waals surface area contributed by atoms with Crippen molar-refractivity contribution in [1.82, 2.24) is 14.8 Å². The first-order valence-corrected chi connectivity index (χ1v) is 10.8. The van der Waals surface area contributed by atoms with Crippen LogP contribution in [0.15, 0.2) is 57.6 Å². The molecular weight excluding hydrogens is 398 g/mol. The number of hydrogen-bond donors (Lipinski definition) is 0. The summed E-state index contributed by atoms with van der Waals surface area (Å²) >= 11 is 1.47. The summed E-state index contributed by atoms with van der Waals surface area (Å²) in [6, 6.07) is 6.10. The topological polar surface area (TPSA) is 81.7 Å². The van der Waals surface area contributed by atoms with E-state index in [0.29, 0.717) is 18.2 Å². The number of aliphatic imine (C=N–C) groups is 2. The number of fused-ring (bicyclic) bond motifs is 1. The molecule has 30 heavy (non-hydrogen) atoms. The van der Waals surface area contributed by atoms with Crippen LogP contribution in [0.4, 0.5) is 0 Å². The number of rotatable bonds is 7. The molecule has 0 N–H and O–H groups in total. The third-order valence-corrected chi connectivity index (χ3v) is 5.85. The van der Waals surface area contributed by atoms with Crippen LogP contribution in [0.25, 0.3) is 0 Å². The lowest BCUT2D eigenvalue weighted by Crippen LogP contribution is -2.27. The number of allylic oxidation sites excluding steroid dienone is 3. The van der Waals surface area contributed by atoms with E-state index in [1.54, 1.807) is 0 Å². The summed E-state index contributed by atoms with van der Waals surface area (Å²) in [7, 11) is 0. The van der Waals surface area contributed by atoms with Gasteiger partial charge in [-0.15, -0.1) is 10.2 Å². The molecule has 8 heteroatoms. The molecule has 7 nitrogen and oxygen atoms in total. The van der Waals surface area contributed by atoms with Crippen LogP contribution < -0.4 is 4.74 Å². The summed E-state index contributed by atoms with van der Waals surface area (Å²) < 4.78 is 7.98. The Labute approximate surface area is 179 Å². The summed E-state index contributed by atoms with van der Waals surface area (Å²) in [5.41, 5.74) is 3.04. The second kappa shape index (κ2) is 8.79. The maximum Gasteiger partial charge on any atom is 0.260 e. The van der Waals surface area contributed by atoms with Crippen LogP contribution in [0.3, 0.4) is 0 Å². The fourth-order valence-corrected chi connectivity index (χ4v) is 4.24. The Hall–Kier alpha value is -3.00. The molecule has 1 atom stereocenters. The Morgan fingerprint density at radius 1 is 1.17 bits per heavy atom. The van der Waals surface area contributed by atoms with Gasteiger partial charge in [0, 0.05) is 6.54 Å². The first kappa shape index (κ1) is 20.3. The molecule has 0 spiro atoms. The van der Waals surface area contributed by atoms with E-state index in [-0.39, 0.29) is 11.8 Å². The number of amides is 1. The predicted octanol–water partition coefficient (Wildman–Crippen LogP) is 3.71. The number of benzene rings is 1. The van der Waals surface area contributed by atoms with Gasteiger partial charge in [-0.3, -0.25) is 4.79 Å². The Morgan fingerprint density at radius 3 is 2.83 bits per heavy atom.